The number of halogens is 1. The molecule has 5 heteroatoms. The molecule has 2 aromatic rings. The first-order chi connectivity index (χ1) is 10.6. The van der Waals surface area contributed by atoms with E-state index < -0.39 is 5.41 Å². The minimum Gasteiger partial charge on any atom is -0.272 e. The second-order valence-electron chi connectivity index (χ2n) is 5.34. The van der Waals surface area contributed by atoms with Crippen molar-refractivity contribution < 1.29 is 9.59 Å². The van der Waals surface area contributed by atoms with Gasteiger partial charge in [-0.15, -0.1) is 0 Å². The molecule has 0 heterocycles. The van der Waals surface area contributed by atoms with E-state index in [-0.39, 0.29) is 11.8 Å². The summed E-state index contributed by atoms with van der Waals surface area (Å²) in [5, 5.41) is 0. The summed E-state index contributed by atoms with van der Waals surface area (Å²) in [6, 6.07) is 16.7. The summed E-state index contributed by atoms with van der Waals surface area (Å²) in [5.41, 5.74) is 6.01. The first kappa shape index (κ1) is 14.8. The van der Waals surface area contributed by atoms with Crippen LogP contribution in [0.2, 0.25) is 0 Å². The van der Waals surface area contributed by atoms with Crippen LogP contribution in [0.1, 0.15) is 28.8 Å². The summed E-state index contributed by atoms with van der Waals surface area (Å²) < 4.78 is 0.686. The Morgan fingerprint density at radius 3 is 2.18 bits per heavy atom. The summed E-state index contributed by atoms with van der Waals surface area (Å²) in [6.07, 6.45) is 1.60. The third-order valence-electron chi connectivity index (χ3n) is 3.92. The van der Waals surface area contributed by atoms with E-state index in [1.165, 1.54) is 0 Å². The summed E-state index contributed by atoms with van der Waals surface area (Å²) >= 11 is 3.32. The molecule has 0 saturated heterocycles. The highest BCUT2D eigenvalue weighted by Gasteiger charge is 2.51. The van der Waals surface area contributed by atoms with Crippen LogP contribution >= 0.6 is 15.9 Å². The van der Waals surface area contributed by atoms with Gasteiger partial charge in [0, 0.05) is 4.47 Å². The molecule has 3 rings (SSSR count). The molecule has 1 fully saturated rings. The van der Waals surface area contributed by atoms with E-state index in [4.69, 9.17) is 0 Å². The van der Waals surface area contributed by atoms with E-state index in [1.54, 1.807) is 18.2 Å². The SMILES string of the molecule is O=C(NNC(=O)C1(c2ccccc2)CC1)c1ccccc1Br. The first-order valence-corrected chi connectivity index (χ1v) is 7.84. The molecule has 2 aromatic carbocycles. The predicted molar refractivity (Wildman–Crippen MR) is 87.1 cm³/mol. The monoisotopic (exact) mass is 358 g/mol. The van der Waals surface area contributed by atoms with Gasteiger partial charge in [0.05, 0.1) is 11.0 Å². The number of carbonyl (C=O) groups is 2. The second-order valence-corrected chi connectivity index (χ2v) is 6.19. The second kappa shape index (κ2) is 5.93. The highest BCUT2D eigenvalue weighted by Crippen LogP contribution is 2.48. The number of benzene rings is 2. The molecule has 0 bridgehead atoms. The molecule has 1 saturated carbocycles. The van der Waals surface area contributed by atoms with Gasteiger partial charge in [-0.2, -0.15) is 0 Å². The topological polar surface area (TPSA) is 58.2 Å². The van der Waals surface area contributed by atoms with Gasteiger partial charge in [0.2, 0.25) is 5.91 Å². The van der Waals surface area contributed by atoms with Crippen LogP contribution in [-0.4, -0.2) is 11.8 Å². The number of amides is 2. The van der Waals surface area contributed by atoms with Gasteiger partial charge < -0.3 is 0 Å². The molecule has 0 aliphatic heterocycles. The molecule has 1 aliphatic rings. The highest BCUT2D eigenvalue weighted by atomic mass is 79.9. The van der Waals surface area contributed by atoms with Gasteiger partial charge in [0.25, 0.3) is 5.91 Å². The Morgan fingerprint density at radius 1 is 0.909 bits per heavy atom. The molecule has 4 nitrogen and oxygen atoms in total. The third-order valence-corrected chi connectivity index (χ3v) is 4.61. The maximum atomic E-state index is 12.4. The van der Waals surface area contributed by atoms with Crippen LogP contribution in [0.3, 0.4) is 0 Å². The lowest BCUT2D eigenvalue weighted by Crippen LogP contribution is -2.46. The fourth-order valence-corrected chi connectivity index (χ4v) is 2.94. The molecule has 22 heavy (non-hydrogen) atoms. The Balaban J connectivity index is 1.66. The number of hydrogen-bond acceptors (Lipinski definition) is 2. The number of rotatable bonds is 3. The van der Waals surface area contributed by atoms with Crippen molar-refractivity contribution in [2.45, 2.75) is 18.3 Å². The van der Waals surface area contributed by atoms with E-state index in [0.29, 0.717) is 10.0 Å². The fraction of sp³-hybridized carbons (Fsp3) is 0.176. The third kappa shape index (κ3) is 2.76. The van der Waals surface area contributed by atoms with Gasteiger partial charge in [0.15, 0.2) is 0 Å². The normalized spacial score (nSPS) is 15.0. The molecule has 0 spiro atoms. The van der Waals surface area contributed by atoms with Crippen LogP contribution < -0.4 is 10.9 Å². The largest absolute Gasteiger partial charge is 0.272 e. The van der Waals surface area contributed by atoms with Gasteiger partial charge in [-0.05, 0) is 46.5 Å². The average molecular weight is 359 g/mol. The lowest BCUT2D eigenvalue weighted by Gasteiger charge is -2.16. The zero-order valence-corrected chi connectivity index (χ0v) is 13.4. The van der Waals surface area contributed by atoms with Gasteiger partial charge in [0.1, 0.15) is 0 Å². The molecule has 0 atom stereocenters. The zero-order valence-electron chi connectivity index (χ0n) is 11.8. The average Bonchev–Trinajstić information content (AvgIpc) is 3.35. The van der Waals surface area contributed by atoms with Crippen LogP contribution in [0.5, 0.6) is 0 Å². The molecular formula is C17H15BrN2O2. The van der Waals surface area contributed by atoms with E-state index in [2.05, 4.69) is 26.8 Å². The van der Waals surface area contributed by atoms with Crippen LogP contribution in [-0.2, 0) is 10.2 Å². The first-order valence-electron chi connectivity index (χ1n) is 7.04. The van der Waals surface area contributed by atoms with Crippen molar-refractivity contribution >= 4 is 27.7 Å². The van der Waals surface area contributed by atoms with E-state index in [1.807, 2.05) is 36.4 Å². The van der Waals surface area contributed by atoms with Gasteiger partial charge in [-0.25, -0.2) is 0 Å². The van der Waals surface area contributed by atoms with Crippen molar-refractivity contribution in [1.82, 2.24) is 10.9 Å². The maximum absolute atomic E-state index is 12.4. The lowest BCUT2D eigenvalue weighted by atomic mass is 9.95. The summed E-state index contributed by atoms with van der Waals surface area (Å²) in [7, 11) is 0. The summed E-state index contributed by atoms with van der Waals surface area (Å²) in [6.45, 7) is 0. The molecular weight excluding hydrogens is 344 g/mol. The molecule has 2 amide bonds. The van der Waals surface area contributed by atoms with Gasteiger partial charge in [-0.3, -0.25) is 20.4 Å². The van der Waals surface area contributed by atoms with Crippen molar-refractivity contribution in [3.05, 3.63) is 70.2 Å². The molecule has 1 aliphatic carbocycles. The lowest BCUT2D eigenvalue weighted by molar-refractivity contribution is -0.124. The fourth-order valence-electron chi connectivity index (χ4n) is 2.47. The Morgan fingerprint density at radius 2 is 1.55 bits per heavy atom. The Labute approximate surface area is 137 Å². The van der Waals surface area contributed by atoms with E-state index in [9.17, 15) is 9.59 Å². The minimum atomic E-state index is -0.498. The zero-order chi connectivity index (χ0) is 15.6. The van der Waals surface area contributed by atoms with Crippen LogP contribution in [0.25, 0.3) is 0 Å². The molecule has 2 N–H and O–H groups in total. The quantitative estimate of drug-likeness (QED) is 0.828. The Hall–Kier alpha value is -2.14. The van der Waals surface area contributed by atoms with Crippen molar-refractivity contribution in [2.24, 2.45) is 0 Å². The maximum Gasteiger partial charge on any atom is 0.270 e. The number of carbonyl (C=O) groups excluding carboxylic acids is 2. The molecule has 112 valence electrons. The summed E-state index contributed by atoms with van der Waals surface area (Å²) in [5.74, 6) is -0.510. The van der Waals surface area contributed by atoms with Crippen molar-refractivity contribution in [3.63, 3.8) is 0 Å². The Bertz CT molecular complexity index is 712. The van der Waals surface area contributed by atoms with Crippen LogP contribution in [0, 0.1) is 0 Å². The van der Waals surface area contributed by atoms with E-state index >= 15 is 0 Å². The number of nitrogens with one attached hydrogen (secondary N) is 2. The van der Waals surface area contributed by atoms with Crippen molar-refractivity contribution in [2.75, 3.05) is 0 Å². The standard InChI is InChI=1S/C17H15BrN2O2/c18-14-9-5-4-8-13(14)15(21)19-20-16(22)17(10-11-17)12-6-2-1-3-7-12/h1-9H,10-11H2,(H,19,21)(H,20,22). The highest BCUT2D eigenvalue weighted by molar-refractivity contribution is 9.10. The summed E-state index contributed by atoms with van der Waals surface area (Å²) in [4.78, 5) is 24.5. The minimum absolute atomic E-state index is 0.167. The van der Waals surface area contributed by atoms with Crippen LogP contribution in [0.4, 0.5) is 0 Å². The molecule has 0 aromatic heterocycles. The van der Waals surface area contributed by atoms with Crippen molar-refractivity contribution in [3.8, 4) is 0 Å². The van der Waals surface area contributed by atoms with Crippen molar-refractivity contribution in [1.29, 1.82) is 0 Å². The van der Waals surface area contributed by atoms with E-state index in [0.717, 1.165) is 18.4 Å². The predicted octanol–water partition coefficient (Wildman–Crippen LogP) is 2.94. The smallest absolute Gasteiger partial charge is 0.270 e. The van der Waals surface area contributed by atoms with Gasteiger partial charge >= 0.3 is 0 Å². The van der Waals surface area contributed by atoms with Gasteiger partial charge in [-0.1, -0.05) is 42.5 Å². The number of hydrogen-bond donors (Lipinski definition) is 2. The van der Waals surface area contributed by atoms with Crippen LogP contribution in [0.15, 0.2) is 59.1 Å². The molecule has 0 unspecified atom stereocenters. The number of hydrazine groups is 1. The molecule has 0 radical (unpaired) electrons. The Kier molecular flexibility index (Phi) is 3.98.